The maximum Gasteiger partial charge on any atom is 0.138 e. The Morgan fingerprint density at radius 1 is 1.40 bits per heavy atom. The number of para-hydroxylation sites is 1. The third-order valence-corrected chi connectivity index (χ3v) is 2.89. The fourth-order valence-electron chi connectivity index (χ4n) is 1.75. The number of rotatable bonds is 3. The molecule has 1 aromatic carbocycles. The average molecular weight is 227 g/mol. The highest BCUT2D eigenvalue weighted by Gasteiger charge is 2.22. The molecular formula is C12H15ClO2. The van der Waals surface area contributed by atoms with Crippen molar-refractivity contribution >= 4 is 11.6 Å². The summed E-state index contributed by atoms with van der Waals surface area (Å²) in [6.45, 7) is 2.68. The fourth-order valence-corrected chi connectivity index (χ4v) is 1.94. The lowest BCUT2D eigenvalue weighted by molar-refractivity contribution is 0.0265. The van der Waals surface area contributed by atoms with Gasteiger partial charge in [-0.3, -0.25) is 0 Å². The van der Waals surface area contributed by atoms with Gasteiger partial charge >= 0.3 is 0 Å². The minimum absolute atomic E-state index is 0.219. The smallest absolute Gasteiger partial charge is 0.138 e. The molecule has 1 aromatic rings. The third kappa shape index (κ3) is 2.86. The number of benzene rings is 1. The van der Waals surface area contributed by atoms with Crippen LogP contribution in [0.2, 0.25) is 5.02 Å². The highest BCUT2D eigenvalue weighted by atomic mass is 35.5. The van der Waals surface area contributed by atoms with Gasteiger partial charge in [-0.2, -0.15) is 0 Å². The molecule has 0 N–H and O–H groups in total. The standard InChI is InChI=1S/C12H15ClO2/c1-9-6-7-10(15-9)8-14-12-5-3-2-4-11(12)13/h2-5,9-10H,6-8H2,1H3. The second-order valence-electron chi connectivity index (χ2n) is 3.89. The van der Waals surface area contributed by atoms with Crippen LogP contribution in [-0.2, 0) is 4.74 Å². The largest absolute Gasteiger partial charge is 0.489 e. The van der Waals surface area contributed by atoms with Crippen LogP contribution in [-0.4, -0.2) is 18.8 Å². The van der Waals surface area contributed by atoms with Crippen molar-refractivity contribution in [1.82, 2.24) is 0 Å². The van der Waals surface area contributed by atoms with Crippen LogP contribution in [0, 0.1) is 0 Å². The molecule has 0 amide bonds. The van der Waals surface area contributed by atoms with Gasteiger partial charge in [-0.1, -0.05) is 23.7 Å². The van der Waals surface area contributed by atoms with E-state index in [1.54, 1.807) is 0 Å². The molecule has 0 aromatic heterocycles. The molecule has 2 nitrogen and oxygen atoms in total. The Balaban J connectivity index is 1.86. The minimum Gasteiger partial charge on any atom is -0.489 e. The van der Waals surface area contributed by atoms with Gasteiger partial charge in [-0.05, 0) is 31.9 Å². The van der Waals surface area contributed by atoms with Crippen LogP contribution in [0.1, 0.15) is 19.8 Å². The third-order valence-electron chi connectivity index (χ3n) is 2.58. The summed E-state index contributed by atoms with van der Waals surface area (Å²) in [4.78, 5) is 0. The molecular weight excluding hydrogens is 212 g/mol. The first-order chi connectivity index (χ1) is 7.25. The highest BCUT2D eigenvalue weighted by Crippen LogP contribution is 2.25. The molecule has 1 saturated heterocycles. The monoisotopic (exact) mass is 226 g/mol. The molecule has 15 heavy (non-hydrogen) atoms. The van der Waals surface area contributed by atoms with Gasteiger partial charge in [0, 0.05) is 0 Å². The second-order valence-corrected chi connectivity index (χ2v) is 4.29. The number of halogens is 1. The van der Waals surface area contributed by atoms with Gasteiger partial charge in [0.1, 0.15) is 12.4 Å². The summed E-state index contributed by atoms with van der Waals surface area (Å²) in [5.74, 6) is 0.738. The van der Waals surface area contributed by atoms with E-state index in [9.17, 15) is 0 Å². The summed E-state index contributed by atoms with van der Waals surface area (Å²) in [5, 5.41) is 0.656. The lowest BCUT2D eigenvalue weighted by Crippen LogP contribution is -2.17. The van der Waals surface area contributed by atoms with Gasteiger partial charge in [-0.15, -0.1) is 0 Å². The molecule has 0 bridgehead atoms. The lowest BCUT2D eigenvalue weighted by atomic mass is 10.2. The Morgan fingerprint density at radius 2 is 2.20 bits per heavy atom. The van der Waals surface area contributed by atoms with Crippen LogP contribution >= 0.6 is 11.6 Å². The molecule has 2 atom stereocenters. The van der Waals surface area contributed by atoms with Crippen molar-refractivity contribution in [1.29, 1.82) is 0 Å². The van der Waals surface area contributed by atoms with Gasteiger partial charge in [0.15, 0.2) is 0 Å². The summed E-state index contributed by atoms with van der Waals surface area (Å²) in [6, 6.07) is 7.51. The molecule has 82 valence electrons. The summed E-state index contributed by atoms with van der Waals surface area (Å²) >= 11 is 5.97. The molecule has 0 spiro atoms. The van der Waals surface area contributed by atoms with E-state index in [4.69, 9.17) is 21.1 Å². The molecule has 1 fully saturated rings. The van der Waals surface area contributed by atoms with Crippen molar-refractivity contribution in [2.45, 2.75) is 32.0 Å². The Hall–Kier alpha value is -0.730. The van der Waals surface area contributed by atoms with Crippen LogP contribution in [0.4, 0.5) is 0 Å². The summed E-state index contributed by atoms with van der Waals surface area (Å²) in [5.41, 5.74) is 0. The highest BCUT2D eigenvalue weighted by molar-refractivity contribution is 6.32. The van der Waals surface area contributed by atoms with E-state index in [-0.39, 0.29) is 6.10 Å². The maximum absolute atomic E-state index is 5.97. The van der Waals surface area contributed by atoms with E-state index in [0.717, 1.165) is 18.6 Å². The average Bonchev–Trinajstić information content (AvgIpc) is 2.63. The van der Waals surface area contributed by atoms with Crippen LogP contribution in [0.25, 0.3) is 0 Å². The second kappa shape index (κ2) is 4.86. The molecule has 1 aliphatic heterocycles. The van der Waals surface area contributed by atoms with Crippen molar-refractivity contribution < 1.29 is 9.47 Å². The van der Waals surface area contributed by atoms with E-state index >= 15 is 0 Å². The van der Waals surface area contributed by atoms with Crippen LogP contribution in [0.3, 0.4) is 0 Å². The van der Waals surface area contributed by atoms with Crippen molar-refractivity contribution in [3.8, 4) is 5.75 Å². The van der Waals surface area contributed by atoms with Gasteiger partial charge in [0.2, 0.25) is 0 Å². The normalized spacial score (nSPS) is 25.5. The van der Waals surface area contributed by atoms with E-state index in [1.807, 2.05) is 24.3 Å². The number of hydrogen-bond acceptors (Lipinski definition) is 2. The van der Waals surface area contributed by atoms with Crippen molar-refractivity contribution in [2.24, 2.45) is 0 Å². The topological polar surface area (TPSA) is 18.5 Å². The lowest BCUT2D eigenvalue weighted by Gasteiger charge is -2.13. The zero-order valence-corrected chi connectivity index (χ0v) is 9.54. The van der Waals surface area contributed by atoms with E-state index in [0.29, 0.717) is 17.7 Å². The quantitative estimate of drug-likeness (QED) is 0.788. The van der Waals surface area contributed by atoms with Gasteiger partial charge in [0.25, 0.3) is 0 Å². The number of hydrogen-bond donors (Lipinski definition) is 0. The molecule has 2 rings (SSSR count). The summed E-state index contributed by atoms with van der Waals surface area (Å²) < 4.78 is 11.3. The maximum atomic E-state index is 5.97. The molecule has 0 saturated carbocycles. The molecule has 3 heteroatoms. The van der Waals surface area contributed by atoms with Crippen LogP contribution in [0.5, 0.6) is 5.75 Å². The molecule has 1 heterocycles. The predicted molar refractivity (Wildman–Crippen MR) is 60.5 cm³/mol. The van der Waals surface area contributed by atoms with Gasteiger partial charge < -0.3 is 9.47 Å². The summed E-state index contributed by atoms with van der Waals surface area (Å²) in [7, 11) is 0. The number of ether oxygens (including phenoxy) is 2. The molecule has 0 aliphatic carbocycles. The van der Waals surface area contributed by atoms with Crippen molar-refractivity contribution in [3.63, 3.8) is 0 Å². The van der Waals surface area contributed by atoms with Crippen LogP contribution < -0.4 is 4.74 Å². The first kappa shape index (κ1) is 10.8. The van der Waals surface area contributed by atoms with E-state index in [2.05, 4.69) is 6.92 Å². The molecule has 1 aliphatic rings. The zero-order valence-electron chi connectivity index (χ0n) is 8.78. The predicted octanol–water partition coefficient (Wildman–Crippen LogP) is 3.29. The Labute approximate surface area is 95.1 Å². The van der Waals surface area contributed by atoms with Crippen molar-refractivity contribution in [2.75, 3.05) is 6.61 Å². The van der Waals surface area contributed by atoms with E-state index in [1.165, 1.54) is 0 Å². The van der Waals surface area contributed by atoms with Gasteiger partial charge in [0.05, 0.1) is 17.2 Å². The molecule has 2 unspecified atom stereocenters. The Kier molecular flexibility index (Phi) is 3.49. The first-order valence-corrected chi connectivity index (χ1v) is 5.66. The zero-order chi connectivity index (χ0) is 10.7. The van der Waals surface area contributed by atoms with E-state index < -0.39 is 0 Å². The fraction of sp³-hybridized carbons (Fsp3) is 0.500. The Morgan fingerprint density at radius 3 is 2.87 bits per heavy atom. The van der Waals surface area contributed by atoms with Gasteiger partial charge in [-0.25, -0.2) is 0 Å². The minimum atomic E-state index is 0.219. The molecule has 0 radical (unpaired) electrons. The Bertz CT molecular complexity index is 327. The van der Waals surface area contributed by atoms with Crippen molar-refractivity contribution in [3.05, 3.63) is 29.3 Å². The first-order valence-electron chi connectivity index (χ1n) is 5.28. The summed E-state index contributed by atoms with van der Waals surface area (Å²) in [6.07, 6.45) is 2.78. The van der Waals surface area contributed by atoms with Crippen LogP contribution in [0.15, 0.2) is 24.3 Å². The SMILES string of the molecule is CC1CCC(COc2ccccc2Cl)O1.